The molecule has 0 amide bonds. The van der Waals surface area contributed by atoms with Crippen LogP contribution < -0.4 is 0 Å². The first-order valence-corrected chi connectivity index (χ1v) is 12.3. The molecule has 190 valence electrons. The molecule has 1 fully saturated rings. The van der Waals surface area contributed by atoms with Crippen LogP contribution in [-0.4, -0.2) is 43.6 Å². The number of ketones is 1. The SMILES string of the molecule is CO[C@H]1O[C@H](CC(C)=O)[C@@H](OCc2ccccc2)[C@H](OCc2ccccc2)[C@H]1OCc1ccccc1. The van der Waals surface area contributed by atoms with Crippen molar-refractivity contribution in [3.63, 3.8) is 0 Å². The van der Waals surface area contributed by atoms with Crippen LogP contribution in [0.1, 0.15) is 30.0 Å². The number of carbonyl (C=O) groups is 1. The van der Waals surface area contributed by atoms with Crippen molar-refractivity contribution in [1.82, 2.24) is 0 Å². The van der Waals surface area contributed by atoms with Gasteiger partial charge in [-0.05, 0) is 23.6 Å². The van der Waals surface area contributed by atoms with Crippen LogP contribution in [-0.2, 0) is 48.3 Å². The Morgan fingerprint density at radius 1 is 0.667 bits per heavy atom. The lowest BCUT2D eigenvalue weighted by atomic mass is 9.94. The van der Waals surface area contributed by atoms with Crippen molar-refractivity contribution < 1.29 is 28.5 Å². The zero-order valence-corrected chi connectivity index (χ0v) is 20.8. The van der Waals surface area contributed by atoms with Gasteiger partial charge in [-0.3, -0.25) is 4.79 Å². The number of hydrogen-bond acceptors (Lipinski definition) is 6. The summed E-state index contributed by atoms with van der Waals surface area (Å²) < 4.78 is 31.2. The van der Waals surface area contributed by atoms with E-state index in [2.05, 4.69) is 0 Å². The van der Waals surface area contributed by atoms with Gasteiger partial charge in [-0.2, -0.15) is 0 Å². The van der Waals surface area contributed by atoms with Gasteiger partial charge >= 0.3 is 0 Å². The number of Topliss-reactive ketones (excluding diaryl/α,β-unsaturated/α-hetero) is 1. The van der Waals surface area contributed by atoms with Crippen molar-refractivity contribution in [3.05, 3.63) is 108 Å². The molecule has 1 aliphatic rings. The highest BCUT2D eigenvalue weighted by molar-refractivity contribution is 5.76. The van der Waals surface area contributed by atoms with E-state index in [1.807, 2.05) is 91.0 Å². The summed E-state index contributed by atoms with van der Waals surface area (Å²) in [4.78, 5) is 12.2. The Bertz CT molecular complexity index is 1040. The molecular weight excluding hydrogens is 456 g/mol. The van der Waals surface area contributed by atoms with E-state index >= 15 is 0 Å². The summed E-state index contributed by atoms with van der Waals surface area (Å²) in [6.45, 7) is 2.64. The second kappa shape index (κ2) is 13.4. The Kier molecular flexibility index (Phi) is 9.78. The van der Waals surface area contributed by atoms with Crippen LogP contribution in [0.2, 0.25) is 0 Å². The van der Waals surface area contributed by atoms with E-state index in [0.717, 1.165) is 16.7 Å². The molecule has 0 spiro atoms. The third-order valence-corrected chi connectivity index (χ3v) is 6.17. The monoisotopic (exact) mass is 490 g/mol. The predicted octanol–water partition coefficient (Wildman–Crippen LogP) is 5.09. The molecule has 0 N–H and O–H groups in total. The number of ether oxygens (including phenoxy) is 5. The minimum atomic E-state index is -0.713. The van der Waals surface area contributed by atoms with Gasteiger partial charge in [0, 0.05) is 13.5 Å². The van der Waals surface area contributed by atoms with E-state index in [4.69, 9.17) is 23.7 Å². The molecule has 4 rings (SSSR count). The average Bonchev–Trinajstić information content (AvgIpc) is 2.91. The van der Waals surface area contributed by atoms with Crippen molar-refractivity contribution in [3.8, 4) is 0 Å². The van der Waals surface area contributed by atoms with Gasteiger partial charge in [-0.1, -0.05) is 91.0 Å². The first-order chi connectivity index (χ1) is 17.6. The summed E-state index contributed by atoms with van der Waals surface area (Å²) in [5, 5.41) is 0. The number of methoxy groups -OCH3 is 1. The lowest BCUT2D eigenvalue weighted by molar-refractivity contribution is -0.317. The molecule has 6 nitrogen and oxygen atoms in total. The number of carbonyl (C=O) groups excluding carboxylic acids is 1. The first kappa shape index (κ1) is 26.2. The fourth-order valence-corrected chi connectivity index (χ4v) is 4.38. The van der Waals surface area contributed by atoms with Gasteiger partial charge < -0.3 is 23.7 Å². The lowest BCUT2D eigenvalue weighted by Gasteiger charge is -2.45. The van der Waals surface area contributed by atoms with Crippen LogP contribution in [0.4, 0.5) is 0 Å². The number of benzene rings is 3. The molecule has 1 saturated heterocycles. The minimum Gasteiger partial charge on any atom is -0.368 e. The quantitative estimate of drug-likeness (QED) is 0.352. The third-order valence-electron chi connectivity index (χ3n) is 6.17. The van der Waals surface area contributed by atoms with Crippen LogP contribution in [0.5, 0.6) is 0 Å². The van der Waals surface area contributed by atoms with Crippen LogP contribution in [0, 0.1) is 0 Å². The summed E-state index contributed by atoms with van der Waals surface area (Å²) in [6, 6.07) is 29.8. The van der Waals surface area contributed by atoms with Gasteiger partial charge in [0.05, 0.1) is 25.9 Å². The predicted molar refractivity (Wildman–Crippen MR) is 136 cm³/mol. The van der Waals surface area contributed by atoms with E-state index in [1.165, 1.54) is 0 Å². The minimum absolute atomic E-state index is 0.00799. The van der Waals surface area contributed by atoms with Gasteiger partial charge in [0.1, 0.15) is 24.1 Å². The smallest absolute Gasteiger partial charge is 0.186 e. The molecule has 3 aromatic carbocycles. The van der Waals surface area contributed by atoms with Crippen LogP contribution in [0.25, 0.3) is 0 Å². The zero-order valence-electron chi connectivity index (χ0n) is 20.8. The van der Waals surface area contributed by atoms with E-state index in [1.54, 1.807) is 14.0 Å². The molecule has 1 aliphatic heterocycles. The molecule has 6 heteroatoms. The van der Waals surface area contributed by atoms with Gasteiger partial charge in [0.25, 0.3) is 0 Å². The van der Waals surface area contributed by atoms with Crippen molar-refractivity contribution >= 4 is 5.78 Å². The largest absolute Gasteiger partial charge is 0.368 e. The molecule has 0 bridgehead atoms. The van der Waals surface area contributed by atoms with Gasteiger partial charge in [0.2, 0.25) is 0 Å². The maximum Gasteiger partial charge on any atom is 0.186 e. The van der Waals surface area contributed by atoms with E-state index in [-0.39, 0.29) is 12.2 Å². The summed E-state index contributed by atoms with van der Waals surface area (Å²) in [5.74, 6) is 0.00799. The van der Waals surface area contributed by atoms with Crippen LogP contribution >= 0.6 is 0 Å². The first-order valence-electron chi connectivity index (χ1n) is 12.3. The second-order valence-corrected chi connectivity index (χ2v) is 8.97. The summed E-state index contributed by atoms with van der Waals surface area (Å²) >= 11 is 0. The topological polar surface area (TPSA) is 63.2 Å². The average molecular weight is 491 g/mol. The molecule has 0 unspecified atom stereocenters. The Morgan fingerprint density at radius 2 is 1.08 bits per heavy atom. The molecule has 0 aliphatic carbocycles. The molecule has 0 saturated carbocycles. The standard InChI is InChI=1S/C30H34O6/c1-22(31)18-26-27(33-19-23-12-6-3-7-13-23)28(34-20-24-14-8-4-9-15-24)29(30(32-2)36-26)35-21-25-16-10-5-11-17-25/h3-17,26-30H,18-21H2,1-2H3/t26-,27-,28+,29-,30+/m1/s1. The maximum absolute atomic E-state index is 12.2. The van der Waals surface area contributed by atoms with Gasteiger partial charge in [-0.15, -0.1) is 0 Å². The summed E-state index contributed by atoms with van der Waals surface area (Å²) in [5.41, 5.74) is 3.09. The van der Waals surface area contributed by atoms with Crippen LogP contribution in [0.15, 0.2) is 91.0 Å². The Balaban J connectivity index is 1.60. The summed E-state index contributed by atoms with van der Waals surface area (Å²) in [7, 11) is 1.58. The fourth-order valence-electron chi connectivity index (χ4n) is 4.38. The number of rotatable bonds is 12. The normalized spacial score (nSPS) is 23.9. The Morgan fingerprint density at radius 3 is 1.50 bits per heavy atom. The highest BCUT2D eigenvalue weighted by atomic mass is 16.7. The zero-order chi connectivity index (χ0) is 25.2. The summed E-state index contributed by atoms with van der Waals surface area (Å²) in [6.07, 6.45) is -2.69. The lowest BCUT2D eigenvalue weighted by Crippen LogP contribution is -2.60. The second-order valence-electron chi connectivity index (χ2n) is 8.97. The maximum atomic E-state index is 12.2. The number of hydrogen-bond donors (Lipinski definition) is 0. The van der Waals surface area contributed by atoms with E-state index in [9.17, 15) is 4.79 Å². The fraction of sp³-hybridized carbons (Fsp3) is 0.367. The Labute approximate surface area is 213 Å². The van der Waals surface area contributed by atoms with Crippen molar-refractivity contribution in [1.29, 1.82) is 0 Å². The molecule has 0 radical (unpaired) electrons. The van der Waals surface area contributed by atoms with Gasteiger partial charge in [-0.25, -0.2) is 0 Å². The molecule has 5 atom stereocenters. The van der Waals surface area contributed by atoms with Crippen molar-refractivity contribution in [2.45, 2.75) is 63.9 Å². The van der Waals surface area contributed by atoms with Crippen molar-refractivity contribution in [2.24, 2.45) is 0 Å². The van der Waals surface area contributed by atoms with E-state index < -0.39 is 30.7 Å². The molecule has 36 heavy (non-hydrogen) atoms. The molecule has 1 heterocycles. The van der Waals surface area contributed by atoms with Crippen LogP contribution in [0.3, 0.4) is 0 Å². The Hall–Kier alpha value is -2.87. The highest BCUT2D eigenvalue weighted by Gasteiger charge is 2.48. The molecule has 0 aromatic heterocycles. The van der Waals surface area contributed by atoms with Crippen molar-refractivity contribution in [2.75, 3.05) is 7.11 Å². The van der Waals surface area contributed by atoms with E-state index in [0.29, 0.717) is 19.8 Å². The van der Waals surface area contributed by atoms with Gasteiger partial charge in [0.15, 0.2) is 6.29 Å². The molecular formula is C30H34O6. The highest BCUT2D eigenvalue weighted by Crippen LogP contribution is 2.32. The molecule has 3 aromatic rings. The third kappa shape index (κ3) is 7.32.